The molecule has 0 spiro atoms. The third kappa shape index (κ3) is 1.89. The highest BCUT2D eigenvalue weighted by molar-refractivity contribution is 14.1. The number of ether oxygens (including phenoxy) is 1. The van der Waals surface area contributed by atoms with Crippen LogP contribution in [0.4, 0.5) is 5.69 Å². The summed E-state index contributed by atoms with van der Waals surface area (Å²) in [6, 6.07) is 12.4. The fraction of sp³-hybridized carbons (Fsp3) is 0.133. The fourth-order valence-electron chi connectivity index (χ4n) is 2.38. The van der Waals surface area contributed by atoms with E-state index < -0.39 is 11.5 Å². The van der Waals surface area contributed by atoms with E-state index in [1.807, 2.05) is 12.1 Å². The lowest BCUT2D eigenvalue weighted by Gasteiger charge is -2.21. The molecule has 5 heteroatoms. The number of rotatable bonds is 2. The molecule has 3 rings (SSSR count). The van der Waals surface area contributed by atoms with Crippen LogP contribution in [0.3, 0.4) is 0 Å². The van der Waals surface area contributed by atoms with Crippen LogP contribution in [-0.4, -0.2) is 18.1 Å². The summed E-state index contributed by atoms with van der Waals surface area (Å²) >= 11 is 2.16. The third-order valence-corrected chi connectivity index (χ3v) is 4.13. The van der Waals surface area contributed by atoms with Crippen LogP contribution < -0.4 is 10.1 Å². The Morgan fingerprint density at radius 2 is 1.90 bits per heavy atom. The highest BCUT2D eigenvalue weighted by Crippen LogP contribution is 2.41. The van der Waals surface area contributed by atoms with Gasteiger partial charge in [-0.3, -0.25) is 4.79 Å². The van der Waals surface area contributed by atoms with Crippen LogP contribution in [0.1, 0.15) is 11.1 Å². The first-order chi connectivity index (χ1) is 9.55. The van der Waals surface area contributed by atoms with Gasteiger partial charge in [0, 0.05) is 14.8 Å². The number of benzene rings is 2. The lowest BCUT2D eigenvalue weighted by molar-refractivity contribution is -0.129. The Balaban J connectivity index is 2.15. The SMILES string of the molecule is COc1ccc(C2(O)C(=O)Nc3ccc(I)cc32)cc1. The molecule has 0 aromatic heterocycles. The summed E-state index contributed by atoms with van der Waals surface area (Å²) in [5, 5.41) is 13.6. The number of hydrogen-bond donors (Lipinski definition) is 2. The van der Waals surface area contributed by atoms with Gasteiger partial charge in [-0.1, -0.05) is 12.1 Å². The van der Waals surface area contributed by atoms with Crippen molar-refractivity contribution < 1.29 is 14.6 Å². The first kappa shape index (κ1) is 13.4. The van der Waals surface area contributed by atoms with Crippen molar-refractivity contribution in [3.05, 3.63) is 57.2 Å². The summed E-state index contributed by atoms with van der Waals surface area (Å²) in [6.07, 6.45) is 0. The number of methoxy groups -OCH3 is 1. The van der Waals surface area contributed by atoms with Crippen molar-refractivity contribution in [3.63, 3.8) is 0 Å². The summed E-state index contributed by atoms with van der Waals surface area (Å²) in [5.41, 5.74) is 0.104. The molecule has 1 amide bonds. The standard InChI is InChI=1S/C15H12INO3/c1-20-11-5-2-9(3-6-11)15(19)12-8-10(16)4-7-13(12)17-14(15)18/h2-8,19H,1H3,(H,17,18). The molecule has 2 aromatic rings. The zero-order valence-electron chi connectivity index (χ0n) is 10.7. The van der Waals surface area contributed by atoms with Gasteiger partial charge < -0.3 is 15.2 Å². The number of aliphatic hydroxyl groups is 1. The van der Waals surface area contributed by atoms with Gasteiger partial charge in [0.25, 0.3) is 5.91 Å². The Bertz CT molecular complexity index is 684. The molecule has 4 nitrogen and oxygen atoms in total. The first-order valence-electron chi connectivity index (χ1n) is 6.04. The van der Waals surface area contributed by atoms with Crippen molar-refractivity contribution in [3.8, 4) is 5.75 Å². The summed E-state index contributed by atoms with van der Waals surface area (Å²) < 4.78 is 6.06. The van der Waals surface area contributed by atoms with Gasteiger partial charge in [0.05, 0.1) is 7.11 Å². The fourth-order valence-corrected chi connectivity index (χ4v) is 2.87. The van der Waals surface area contributed by atoms with Crippen molar-refractivity contribution in [2.24, 2.45) is 0 Å². The highest BCUT2D eigenvalue weighted by atomic mass is 127. The van der Waals surface area contributed by atoms with Crippen LogP contribution in [0.25, 0.3) is 0 Å². The average molecular weight is 381 g/mol. The maximum absolute atomic E-state index is 12.2. The average Bonchev–Trinajstić information content (AvgIpc) is 2.72. The van der Waals surface area contributed by atoms with Gasteiger partial charge in [-0.2, -0.15) is 0 Å². The second-order valence-electron chi connectivity index (χ2n) is 4.58. The molecule has 0 radical (unpaired) electrons. The quantitative estimate of drug-likeness (QED) is 0.787. The van der Waals surface area contributed by atoms with Gasteiger partial charge in [0.15, 0.2) is 5.60 Å². The second kappa shape index (κ2) is 4.75. The van der Waals surface area contributed by atoms with Gasteiger partial charge in [-0.25, -0.2) is 0 Å². The van der Waals surface area contributed by atoms with E-state index in [1.165, 1.54) is 0 Å². The van der Waals surface area contributed by atoms with E-state index in [-0.39, 0.29) is 0 Å². The summed E-state index contributed by atoms with van der Waals surface area (Å²) in [4.78, 5) is 12.2. The van der Waals surface area contributed by atoms with Gasteiger partial charge >= 0.3 is 0 Å². The largest absolute Gasteiger partial charge is 0.497 e. The van der Waals surface area contributed by atoms with E-state index in [0.717, 1.165) is 3.57 Å². The van der Waals surface area contributed by atoms with Crippen LogP contribution in [0.5, 0.6) is 5.75 Å². The van der Waals surface area contributed by atoms with Gasteiger partial charge in [-0.05, 0) is 58.5 Å². The van der Waals surface area contributed by atoms with Crippen molar-refractivity contribution in [1.82, 2.24) is 0 Å². The minimum absolute atomic E-state index is 0.431. The summed E-state index contributed by atoms with van der Waals surface area (Å²) in [6.45, 7) is 0. The van der Waals surface area contributed by atoms with E-state index in [4.69, 9.17) is 4.74 Å². The van der Waals surface area contributed by atoms with E-state index >= 15 is 0 Å². The lowest BCUT2D eigenvalue weighted by atomic mass is 9.87. The number of nitrogens with one attached hydrogen (secondary N) is 1. The number of fused-ring (bicyclic) bond motifs is 1. The molecule has 1 unspecified atom stereocenters. The molecule has 20 heavy (non-hydrogen) atoms. The molecular formula is C15H12INO3. The molecule has 0 aliphatic carbocycles. The number of amides is 1. The molecule has 0 saturated heterocycles. The molecular weight excluding hydrogens is 369 g/mol. The molecule has 0 saturated carbocycles. The van der Waals surface area contributed by atoms with Crippen molar-refractivity contribution in [1.29, 1.82) is 0 Å². The van der Waals surface area contributed by atoms with Crippen LogP contribution in [0, 0.1) is 3.57 Å². The second-order valence-corrected chi connectivity index (χ2v) is 5.83. The highest BCUT2D eigenvalue weighted by Gasteiger charge is 2.46. The smallest absolute Gasteiger partial charge is 0.265 e. The van der Waals surface area contributed by atoms with Crippen LogP contribution >= 0.6 is 22.6 Å². The summed E-state index contributed by atoms with van der Waals surface area (Å²) in [5.74, 6) is 0.248. The number of anilines is 1. The molecule has 1 atom stereocenters. The Kier molecular flexibility index (Phi) is 3.18. The van der Waals surface area contributed by atoms with Crippen LogP contribution in [0.2, 0.25) is 0 Å². The predicted molar refractivity (Wildman–Crippen MR) is 83.8 cm³/mol. The molecule has 2 aromatic carbocycles. The lowest BCUT2D eigenvalue weighted by Crippen LogP contribution is -2.35. The number of hydrogen-bond acceptors (Lipinski definition) is 3. The van der Waals surface area contributed by atoms with Gasteiger partial charge in [0.2, 0.25) is 0 Å². The van der Waals surface area contributed by atoms with E-state index in [1.54, 1.807) is 37.4 Å². The van der Waals surface area contributed by atoms with E-state index in [0.29, 0.717) is 22.6 Å². The number of carbonyl (C=O) groups is 1. The topological polar surface area (TPSA) is 58.6 Å². The molecule has 1 heterocycles. The van der Waals surface area contributed by atoms with Crippen molar-refractivity contribution in [2.75, 3.05) is 12.4 Å². The minimum atomic E-state index is -1.65. The molecule has 2 N–H and O–H groups in total. The van der Waals surface area contributed by atoms with E-state index in [9.17, 15) is 9.90 Å². The Morgan fingerprint density at radius 1 is 1.20 bits per heavy atom. The van der Waals surface area contributed by atoms with Gasteiger partial charge in [-0.15, -0.1) is 0 Å². The van der Waals surface area contributed by atoms with Crippen molar-refractivity contribution in [2.45, 2.75) is 5.60 Å². The number of carbonyl (C=O) groups excluding carboxylic acids is 1. The Labute approximate surface area is 129 Å². The van der Waals surface area contributed by atoms with Crippen LogP contribution in [-0.2, 0) is 10.4 Å². The minimum Gasteiger partial charge on any atom is -0.497 e. The maximum Gasteiger partial charge on any atom is 0.265 e. The molecule has 1 aliphatic heterocycles. The predicted octanol–water partition coefficient (Wildman–Crippen LogP) is 2.49. The maximum atomic E-state index is 12.2. The third-order valence-electron chi connectivity index (χ3n) is 3.46. The molecule has 0 fully saturated rings. The zero-order valence-corrected chi connectivity index (χ0v) is 12.8. The Hall–Kier alpha value is -1.60. The van der Waals surface area contributed by atoms with Crippen molar-refractivity contribution >= 4 is 34.2 Å². The molecule has 1 aliphatic rings. The monoisotopic (exact) mass is 381 g/mol. The molecule has 102 valence electrons. The van der Waals surface area contributed by atoms with Gasteiger partial charge in [0.1, 0.15) is 5.75 Å². The molecule has 0 bridgehead atoms. The first-order valence-corrected chi connectivity index (χ1v) is 7.12. The zero-order chi connectivity index (χ0) is 14.3. The normalized spacial score (nSPS) is 20.4. The van der Waals surface area contributed by atoms with Crippen LogP contribution in [0.15, 0.2) is 42.5 Å². The number of halogens is 1. The van der Waals surface area contributed by atoms with E-state index in [2.05, 4.69) is 27.9 Å². The Morgan fingerprint density at radius 3 is 2.55 bits per heavy atom. The summed E-state index contributed by atoms with van der Waals surface area (Å²) in [7, 11) is 1.57.